The van der Waals surface area contributed by atoms with E-state index >= 15 is 0 Å². The Morgan fingerprint density at radius 2 is 2.13 bits per heavy atom. The first-order valence-corrected chi connectivity index (χ1v) is 5.59. The molecule has 0 bridgehead atoms. The van der Waals surface area contributed by atoms with E-state index in [-0.39, 0.29) is 0 Å². The van der Waals surface area contributed by atoms with Crippen molar-refractivity contribution >= 4 is 10.9 Å². The summed E-state index contributed by atoms with van der Waals surface area (Å²) in [7, 11) is 0. The average molecular weight is 202 g/mol. The molecule has 0 amide bonds. The Morgan fingerprint density at radius 3 is 2.87 bits per heavy atom. The number of para-hydroxylation sites is 1. The Labute approximate surface area is 90.7 Å². The van der Waals surface area contributed by atoms with Crippen molar-refractivity contribution in [1.82, 2.24) is 10.3 Å². The number of hydrogen-bond donors (Lipinski definition) is 2. The molecule has 0 saturated heterocycles. The van der Waals surface area contributed by atoms with E-state index in [0.717, 1.165) is 6.54 Å². The second-order valence-corrected chi connectivity index (χ2v) is 4.07. The Hall–Kier alpha value is -1.28. The molecule has 0 aliphatic heterocycles. The lowest BCUT2D eigenvalue weighted by atomic mass is 10.2. The minimum Gasteiger partial charge on any atom is -0.357 e. The van der Waals surface area contributed by atoms with Crippen LogP contribution < -0.4 is 5.32 Å². The third-order valence-corrected chi connectivity index (χ3v) is 2.84. The van der Waals surface area contributed by atoms with Crippen LogP contribution in [0.15, 0.2) is 30.3 Å². The Kier molecular flexibility index (Phi) is 3.07. The van der Waals surface area contributed by atoms with Crippen molar-refractivity contribution in [2.24, 2.45) is 0 Å². The van der Waals surface area contributed by atoms with E-state index in [9.17, 15) is 0 Å². The van der Waals surface area contributed by atoms with Crippen LogP contribution >= 0.6 is 0 Å². The summed E-state index contributed by atoms with van der Waals surface area (Å²) in [5, 5.41) is 4.77. The summed E-state index contributed by atoms with van der Waals surface area (Å²) in [5.41, 5.74) is 2.48. The third kappa shape index (κ3) is 2.39. The maximum absolute atomic E-state index is 3.48. The highest BCUT2D eigenvalue weighted by molar-refractivity contribution is 5.80. The maximum atomic E-state index is 3.48. The second-order valence-electron chi connectivity index (χ2n) is 4.07. The number of aromatic nitrogens is 1. The van der Waals surface area contributed by atoms with Gasteiger partial charge in [0.05, 0.1) is 0 Å². The molecule has 0 spiro atoms. The molecule has 0 fully saturated rings. The molecular weight excluding hydrogens is 184 g/mol. The van der Waals surface area contributed by atoms with Gasteiger partial charge in [-0.2, -0.15) is 0 Å². The van der Waals surface area contributed by atoms with Crippen molar-refractivity contribution in [2.45, 2.75) is 32.9 Å². The molecule has 0 saturated carbocycles. The maximum Gasteiger partial charge on any atom is 0.0456 e. The van der Waals surface area contributed by atoms with Crippen LogP contribution in [0.4, 0.5) is 0 Å². The summed E-state index contributed by atoms with van der Waals surface area (Å²) in [5.74, 6) is 0. The van der Waals surface area contributed by atoms with Crippen molar-refractivity contribution in [3.05, 3.63) is 36.0 Å². The molecular formula is C13H18N2. The number of benzene rings is 1. The Morgan fingerprint density at radius 1 is 1.33 bits per heavy atom. The van der Waals surface area contributed by atoms with Crippen molar-refractivity contribution in [1.29, 1.82) is 0 Å². The summed E-state index contributed by atoms with van der Waals surface area (Å²) in [6.45, 7) is 5.33. The first-order valence-electron chi connectivity index (χ1n) is 5.59. The van der Waals surface area contributed by atoms with Crippen LogP contribution in [-0.4, -0.2) is 11.0 Å². The molecule has 2 N–H and O–H groups in total. The van der Waals surface area contributed by atoms with Gasteiger partial charge in [-0.3, -0.25) is 0 Å². The molecule has 15 heavy (non-hydrogen) atoms. The second kappa shape index (κ2) is 4.49. The van der Waals surface area contributed by atoms with E-state index in [4.69, 9.17) is 0 Å². The molecule has 0 aliphatic carbocycles. The quantitative estimate of drug-likeness (QED) is 0.783. The molecule has 2 rings (SSSR count). The van der Waals surface area contributed by atoms with E-state index in [1.54, 1.807) is 0 Å². The monoisotopic (exact) mass is 202 g/mol. The van der Waals surface area contributed by atoms with Gasteiger partial charge in [-0.1, -0.05) is 25.1 Å². The molecule has 1 aromatic carbocycles. The first kappa shape index (κ1) is 10.2. The highest BCUT2D eigenvalue weighted by Gasteiger charge is 2.01. The van der Waals surface area contributed by atoms with Gasteiger partial charge in [0.25, 0.3) is 0 Å². The topological polar surface area (TPSA) is 27.8 Å². The van der Waals surface area contributed by atoms with E-state index in [1.807, 2.05) is 0 Å². The normalized spacial score (nSPS) is 13.2. The van der Waals surface area contributed by atoms with Gasteiger partial charge in [-0.05, 0) is 30.9 Å². The van der Waals surface area contributed by atoms with Gasteiger partial charge in [0.1, 0.15) is 0 Å². The fourth-order valence-corrected chi connectivity index (χ4v) is 1.66. The lowest BCUT2D eigenvalue weighted by molar-refractivity contribution is 0.530. The minimum atomic E-state index is 0.580. The van der Waals surface area contributed by atoms with Gasteiger partial charge in [0.2, 0.25) is 0 Å². The fourth-order valence-electron chi connectivity index (χ4n) is 1.66. The van der Waals surface area contributed by atoms with Crippen molar-refractivity contribution < 1.29 is 0 Å². The third-order valence-electron chi connectivity index (χ3n) is 2.84. The van der Waals surface area contributed by atoms with Crippen LogP contribution in [-0.2, 0) is 6.54 Å². The highest BCUT2D eigenvalue weighted by Crippen LogP contribution is 2.14. The molecule has 1 atom stereocenters. The summed E-state index contributed by atoms with van der Waals surface area (Å²) >= 11 is 0. The molecule has 1 heterocycles. The fraction of sp³-hybridized carbons (Fsp3) is 0.385. The number of H-pyrrole nitrogens is 1. The minimum absolute atomic E-state index is 0.580. The first-order chi connectivity index (χ1) is 7.29. The zero-order chi connectivity index (χ0) is 10.7. The molecule has 0 aliphatic rings. The lowest BCUT2D eigenvalue weighted by Crippen LogP contribution is -2.24. The van der Waals surface area contributed by atoms with Gasteiger partial charge in [0, 0.05) is 23.8 Å². The van der Waals surface area contributed by atoms with E-state index < -0.39 is 0 Å². The Balaban J connectivity index is 2.09. The van der Waals surface area contributed by atoms with Crippen LogP contribution in [0.3, 0.4) is 0 Å². The summed E-state index contributed by atoms with van der Waals surface area (Å²) < 4.78 is 0. The summed E-state index contributed by atoms with van der Waals surface area (Å²) in [6.07, 6.45) is 1.17. The van der Waals surface area contributed by atoms with E-state index in [1.165, 1.54) is 23.0 Å². The summed E-state index contributed by atoms with van der Waals surface area (Å²) in [4.78, 5) is 3.41. The van der Waals surface area contributed by atoms with E-state index in [2.05, 4.69) is 54.5 Å². The van der Waals surface area contributed by atoms with Crippen molar-refractivity contribution in [3.8, 4) is 0 Å². The summed E-state index contributed by atoms with van der Waals surface area (Å²) in [6, 6.07) is 11.2. The molecule has 0 radical (unpaired) electrons. The van der Waals surface area contributed by atoms with Crippen LogP contribution in [0.5, 0.6) is 0 Å². The predicted octanol–water partition coefficient (Wildman–Crippen LogP) is 3.06. The number of hydrogen-bond acceptors (Lipinski definition) is 1. The Bertz CT molecular complexity index is 398. The zero-order valence-electron chi connectivity index (χ0n) is 9.38. The van der Waals surface area contributed by atoms with Gasteiger partial charge < -0.3 is 10.3 Å². The molecule has 2 nitrogen and oxygen atoms in total. The highest BCUT2D eigenvalue weighted by atomic mass is 14.9. The van der Waals surface area contributed by atoms with Crippen LogP contribution in [0.25, 0.3) is 10.9 Å². The number of nitrogens with one attached hydrogen (secondary N) is 2. The number of aromatic amines is 1. The van der Waals surface area contributed by atoms with Crippen LogP contribution in [0.2, 0.25) is 0 Å². The largest absolute Gasteiger partial charge is 0.357 e. The van der Waals surface area contributed by atoms with Crippen LogP contribution in [0, 0.1) is 0 Å². The van der Waals surface area contributed by atoms with Gasteiger partial charge in [-0.15, -0.1) is 0 Å². The number of fused-ring (bicyclic) bond motifs is 1. The predicted molar refractivity (Wildman–Crippen MR) is 64.9 cm³/mol. The molecule has 2 heteroatoms. The zero-order valence-corrected chi connectivity index (χ0v) is 9.38. The molecule has 2 aromatic rings. The standard InChI is InChI=1S/C13H18N2/c1-3-10(2)14-9-12-8-11-6-4-5-7-13(11)15-12/h4-8,10,14-15H,3,9H2,1-2H3. The van der Waals surface area contributed by atoms with Gasteiger partial charge in [0.15, 0.2) is 0 Å². The van der Waals surface area contributed by atoms with Crippen molar-refractivity contribution in [2.75, 3.05) is 0 Å². The van der Waals surface area contributed by atoms with E-state index in [0.29, 0.717) is 6.04 Å². The van der Waals surface area contributed by atoms with Crippen molar-refractivity contribution in [3.63, 3.8) is 0 Å². The van der Waals surface area contributed by atoms with Gasteiger partial charge >= 0.3 is 0 Å². The molecule has 1 aromatic heterocycles. The number of rotatable bonds is 4. The lowest BCUT2D eigenvalue weighted by Gasteiger charge is -2.09. The molecule has 1 unspecified atom stereocenters. The SMILES string of the molecule is CCC(C)NCc1cc2ccccc2[nH]1. The average Bonchev–Trinajstić information content (AvgIpc) is 2.68. The van der Waals surface area contributed by atoms with Crippen LogP contribution in [0.1, 0.15) is 26.0 Å². The molecule has 80 valence electrons. The smallest absolute Gasteiger partial charge is 0.0456 e. The van der Waals surface area contributed by atoms with Gasteiger partial charge in [-0.25, -0.2) is 0 Å².